The Morgan fingerprint density at radius 1 is 1.20 bits per heavy atom. The van der Waals surface area contributed by atoms with E-state index >= 15 is 0 Å². The third-order valence-corrected chi connectivity index (χ3v) is 3.38. The fraction of sp³-hybridized carbons (Fsp3) is 0.692. The average Bonchev–Trinajstić information content (AvgIpc) is 2.53. The van der Waals surface area contributed by atoms with Crippen LogP contribution in [0.15, 0.2) is 0 Å². The number of piperazine rings is 1. The number of anilines is 1. The van der Waals surface area contributed by atoms with Gasteiger partial charge in [0.25, 0.3) is 0 Å². The minimum atomic E-state index is 0.0766. The number of aryl methyl sites for hydroxylation is 2. The lowest BCUT2D eigenvalue weighted by atomic mass is 10.2. The maximum absolute atomic E-state index is 12.0. The van der Waals surface area contributed by atoms with E-state index in [2.05, 4.69) is 25.8 Å². The number of hydrogen-bond acceptors (Lipinski definition) is 6. The third-order valence-electron chi connectivity index (χ3n) is 3.38. The summed E-state index contributed by atoms with van der Waals surface area (Å²) in [7, 11) is 0. The molecule has 0 saturated carbocycles. The predicted octanol–water partition coefficient (Wildman–Crippen LogP) is -0.160. The number of nitrogens with one attached hydrogen (secondary N) is 2. The van der Waals surface area contributed by atoms with Crippen molar-refractivity contribution >= 4 is 11.9 Å². The summed E-state index contributed by atoms with van der Waals surface area (Å²) in [5, 5.41) is 14.4. The van der Waals surface area contributed by atoms with Gasteiger partial charge in [-0.25, -0.2) is 4.98 Å². The van der Waals surface area contributed by atoms with Crippen molar-refractivity contribution in [2.75, 3.05) is 38.0 Å². The fourth-order valence-electron chi connectivity index (χ4n) is 2.19. The Bertz CT molecular complexity index is 458. The van der Waals surface area contributed by atoms with Gasteiger partial charge in [0, 0.05) is 26.2 Å². The molecule has 20 heavy (non-hydrogen) atoms. The van der Waals surface area contributed by atoms with Gasteiger partial charge in [-0.15, -0.1) is 5.10 Å². The van der Waals surface area contributed by atoms with Gasteiger partial charge in [-0.1, -0.05) is 13.8 Å². The van der Waals surface area contributed by atoms with E-state index in [-0.39, 0.29) is 12.5 Å². The first-order valence-electron chi connectivity index (χ1n) is 7.19. The van der Waals surface area contributed by atoms with Crippen molar-refractivity contribution in [3.05, 3.63) is 11.4 Å². The SMILES string of the molecule is CCc1nnc(NCC(=O)N2CCNCC2)nc1CC. The van der Waals surface area contributed by atoms with Crippen LogP contribution in [0.3, 0.4) is 0 Å². The smallest absolute Gasteiger partial charge is 0.243 e. The Balaban J connectivity index is 1.91. The van der Waals surface area contributed by atoms with Crippen LogP contribution >= 0.6 is 0 Å². The molecule has 7 heteroatoms. The molecule has 0 unspecified atom stereocenters. The topological polar surface area (TPSA) is 83.0 Å². The maximum atomic E-state index is 12.0. The first-order valence-corrected chi connectivity index (χ1v) is 7.19. The van der Waals surface area contributed by atoms with Gasteiger partial charge in [-0.05, 0) is 12.8 Å². The van der Waals surface area contributed by atoms with Crippen molar-refractivity contribution in [2.24, 2.45) is 0 Å². The molecule has 1 aliphatic rings. The Morgan fingerprint density at radius 2 is 1.90 bits per heavy atom. The first kappa shape index (κ1) is 14.6. The number of carbonyl (C=O) groups is 1. The van der Waals surface area contributed by atoms with Gasteiger partial charge in [0.2, 0.25) is 11.9 Å². The summed E-state index contributed by atoms with van der Waals surface area (Å²) in [6.45, 7) is 7.52. The maximum Gasteiger partial charge on any atom is 0.243 e. The molecule has 1 aliphatic heterocycles. The summed E-state index contributed by atoms with van der Waals surface area (Å²) >= 11 is 0. The van der Waals surface area contributed by atoms with Crippen molar-refractivity contribution < 1.29 is 4.79 Å². The molecule has 1 fully saturated rings. The lowest BCUT2D eigenvalue weighted by molar-refractivity contribution is -0.129. The van der Waals surface area contributed by atoms with Gasteiger partial charge < -0.3 is 15.5 Å². The number of rotatable bonds is 5. The second-order valence-electron chi connectivity index (χ2n) is 4.72. The highest BCUT2D eigenvalue weighted by Crippen LogP contribution is 2.06. The quantitative estimate of drug-likeness (QED) is 0.779. The van der Waals surface area contributed by atoms with Crippen molar-refractivity contribution in [2.45, 2.75) is 26.7 Å². The van der Waals surface area contributed by atoms with Crippen LogP contribution in [0.5, 0.6) is 0 Å². The number of carbonyl (C=O) groups excluding carboxylic acids is 1. The van der Waals surface area contributed by atoms with Crippen LogP contribution < -0.4 is 10.6 Å². The summed E-state index contributed by atoms with van der Waals surface area (Å²) in [4.78, 5) is 18.3. The normalized spacial score (nSPS) is 15.2. The van der Waals surface area contributed by atoms with E-state index < -0.39 is 0 Å². The van der Waals surface area contributed by atoms with Gasteiger partial charge in [-0.3, -0.25) is 4.79 Å². The van der Waals surface area contributed by atoms with Crippen LogP contribution in [0, 0.1) is 0 Å². The Hall–Kier alpha value is -1.76. The van der Waals surface area contributed by atoms with Gasteiger partial charge in [-0.2, -0.15) is 5.10 Å². The lowest BCUT2D eigenvalue weighted by Gasteiger charge is -2.27. The summed E-state index contributed by atoms with van der Waals surface area (Å²) in [5.41, 5.74) is 1.87. The van der Waals surface area contributed by atoms with Crippen molar-refractivity contribution in [1.29, 1.82) is 0 Å². The molecule has 0 aliphatic carbocycles. The Labute approximate surface area is 119 Å². The molecule has 1 amide bonds. The largest absolute Gasteiger partial charge is 0.344 e. The molecule has 2 heterocycles. The van der Waals surface area contributed by atoms with Crippen molar-refractivity contribution in [1.82, 2.24) is 25.4 Å². The molecule has 0 atom stereocenters. The zero-order valence-corrected chi connectivity index (χ0v) is 12.1. The van der Waals surface area contributed by atoms with E-state index in [0.29, 0.717) is 5.95 Å². The van der Waals surface area contributed by atoms with Crippen LogP contribution in [0.2, 0.25) is 0 Å². The molecular formula is C13H22N6O. The monoisotopic (exact) mass is 278 g/mol. The van der Waals surface area contributed by atoms with Crippen molar-refractivity contribution in [3.63, 3.8) is 0 Å². The molecule has 110 valence electrons. The Kier molecular flexibility index (Phi) is 5.23. The van der Waals surface area contributed by atoms with Crippen LogP contribution in [0.1, 0.15) is 25.2 Å². The summed E-state index contributed by atoms with van der Waals surface area (Å²) in [6, 6.07) is 0. The fourth-order valence-corrected chi connectivity index (χ4v) is 2.19. The Morgan fingerprint density at radius 3 is 2.55 bits per heavy atom. The minimum Gasteiger partial charge on any atom is -0.344 e. The highest BCUT2D eigenvalue weighted by atomic mass is 16.2. The molecule has 1 saturated heterocycles. The summed E-state index contributed by atoms with van der Waals surface area (Å²) < 4.78 is 0. The lowest BCUT2D eigenvalue weighted by Crippen LogP contribution is -2.48. The predicted molar refractivity (Wildman–Crippen MR) is 76.5 cm³/mol. The summed E-state index contributed by atoms with van der Waals surface area (Å²) in [6.07, 6.45) is 1.64. The molecule has 2 N–H and O–H groups in total. The second-order valence-corrected chi connectivity index (χ2v) is 4.72. The van der Waals surface area contributed by atoms with E-state index in [4.69, 9.17) is 0 Å². The van der Waals surface area contributed by atoms with E-state index in [9.17, 15) is 4.79 Å². The van der Waals surface area contributed by atoms with Gasteiger partial charge in [0.15, 0.2) is 0 Å². The van der Waals surface area contributed by atoms with E-state index in [1.807, 2.05) is 18.7 Å². The van der Waals surface area contributed by atoms with Gasteiger partial charge >= 0.3 is 0 Å². The van der Waals surface area contributed by atoms with E-state index in [1.54, 1.807) is 0 Å². The number of amides is 1. The molecule has 0 radical (unpaired) electrons. The highest BCUT2D eigenvalue weighted by Gasteiger charge is 2.16. The average molecular weight is 278 g/mol. The molecule has 1 aromatic heterocycles. The number of aromatic nitrogens is 3. The molecule has 0 aromatic carbocycles. The van der Waals surface area contributed by atoms with Gasteiger partial charge in [0.05, 0.1) is 17.9 Å². The third kappa shape index (κ3) is 3.63. The number of nitrogens with zero attached hydrogens (tertiary/aromatic N) is 4. The van der Waals surface area contributed by atoms with Crippen molar-refractivity contribution in [3.8, 4) is 0 Å². The van der Waals surface area contributed by atoms with Crippen LogP contribution in [-0.2, 0) is 17.6 Å². The second kappa shape index (κ2) is 7.14. The summed E-state index contributed by atoms with van der Waals surface area (Å²) in [5.74, 6) is 0.509. The molecule has 0 spiro atoms. The van der Waals surface area contributed by atoms with E-state index in [0.717, 1.165) is 50.4 Å². The van der Waals surface area contributed by atoms with Crippen LogP contribution in [-0.4, -0.2) is 58.7 Å². The van der Waals surface area contributed by atoms with E-state index in [1.165, 1.54) is 0 Å². The molecular weight excluding hydrogens is 256 g/mol. The van der Waals surface area contributed by atoms with Crippen LogP contribution in [0.4, 0.5) is 5.95 Å². The molecule has 2 rings (SSSR count). The standard InChI is InChI=1S/C13H22N6O/c1-3-10-11(4-2)17-18-13(16-10)15-9-12(20)19-7-5-14-6-8-19/h14H,3-9H2,1-2H3,(H,15,16,18). The highest BCUT2D eigenvalue weighted by molar-refractivity contribution is 5.80. The molecule has 1 aromatic rings. The first-order chi connectivity index (χ1) is 9.74. The molecule has 0 bridgehead atoms. The zero-order chi connectivity index (χ0) is 14.4. The minimum absolute atomic E-state index is 0.0766. The zero-order valence-electron chi connectivity index (χ0n) is 12.1. The van der Waals surface area contributed by atoms with Gasteiger partial charge in [0.1, 0.15) is 0 Å². The number of hydrogen-bond donors (Lipinski definition) is 2. The molecule has 7 nitrogen and oxygen atoms in total. The van der Waals surface area contributed by atoms with Crippen LogP contribution in [0.25, 0.3) is 0 Å².